The van der Waals surface area contributed by atoms with Gasteiger partial charge in [-0.3, -0.25) is 4.72 Å². The first-order chi connectivity index (χ1) is 7.12. The van der Waals surface area contributed by atoms with Crippen molar-refractivity contribution in [2.45, 2.75) is 0 Å². The number of anilines is 1. The van der Waals surface area contributed by atoms with Crippen molar-refractivity contribution >= 4 is 15.9 Å². The molecule has 15 heavy (non-hydrogen) atoms. The molecule has 1 heterocycles. The molecule has 1 N–H and O–H groups in total. The largest absolute Gasteiger partial charge is 0.497 e. The summed E-state index contributed by atoms with van der Waals surface area (Å²) in [5.41, 5.74) is 0.515. The van der Waals surface area contributed by atoms with Crippen LogP contribution in [0.1, 0.15) is 0 Å². The maximum atomic E-state index is 11.5. The number of hydrogen-bond acceptors (Lipinski definition) is 3. The van der Waals surface area contributed by atoms with E-state index < -0.39 is 10.2 Å². The zero-order valence-corrected chi connectivity index (χ0v) is 9.12. The lowest BCUT2D eigenvalue weighted by molar-refractivity contribution is 0.415. The van der Waals surface area contributed by atoms with Crippen molar-refractivity contribution < 1.29 is 13.2 Å². The van der Waals surface area contributed by atoms with E-state index in [1.807, 2.05) is 0 Å². The van der Waals surface area contributed by atoms with Crippen molar-refractivity contribution in [3.63, 3.8) is 0 Å². The van der Waals surface area contributed by atoms with Crippen LogP contribution >= 0.6 is 0 Å². The Morgan fingerprint density at radius 2 is 2.13 bits per heavy atom. The third kappa shape index (κ3) is 2.40. The molecule has 1 aliphatic heterocycles. The standard InChI is InChI=1S/C9H12N2O3S/c1-14-9-4-2-3-8(7-9)10-15(12,13)11-5-6-11/h2-4,7,10H,5-6H2,1H3. The van der Waals surface area contributed by atoms with Crippen LogP contribution in [0.3, 0.4) is 0 Å². The summed E-state index contributed by atoms with van der Waals surface area (Å²) in [6.45, 7) is 1.19. The molecule has 1 fully saturated rings. The molecule has 0 atom stereocenters. The molecular formula is C9H12N2O3S. The minimum absolute atomic E-state index is 0.515. The normalized spacial score (nSPS) is 16.1. The predicted octanol–water partition coefficient (Wildman–Crippen LogP) is 0.667. The van der Waals surface area contributed by atoms with Gasteiger partial charge in [0.25, 0.3) is 0 Å². The second kappa shape index (κ2) is 3.71. The molecule has 1 aromatic rings. The van der Waals surface area contributed by atoms with E-state index in [1.165, 1.54) is 11.4 Å². The fourth-order valence-corrected chi connectivity index (χ4v) is 2.30. The molecule has 0 aliphatic carbocycles. The van der Waals surface area contributed by atoms with Gasteiger partial charge < -0.3 is 4.74 Å². The molecule has 2 rings (SSSR count). The minimum atomic E-state index is -3.34. The molecular weight excluding hydrogens is 216 g/mol. The van der Waals surface area contributed by atoms with Crippen molar-refractivity contribution in [3.8, 4) is 5.75 Å². The topological polar surface area (TPSA) is 58.4 Å². The summed E-state index contributed by atoms with van der Waals surface area (Å²) >= 11 is 0. The van der Waals surface area contributed by atoms with E-state index in [0.717, 1.165) is 0 Å². The maximum Gasteiger partial charge on any atom is 0.301 e. The lowest BCUT2D eigenvalue weighted by Crippen LogP contribution is -2.20. The number of nitrogens with one attached hydrogen (secondary N) is 1. The third-order valence-electron chi connectivity index (χ3n) is 2.06. The highest BCUT2D eigenvalue weighted by molar-refractivity contribution is 7.90. The van der Waals surface area contributed by atoms with Crippen molar-refractivity contribution in [1.29, 1.82) is 0 Å². The fraction of sp³-hybridized carbons (Fsp3) is 0.333. The first kappa shape index (κ1) is 10.3. The first-order valence-electron chi connectivity index (χ1n) is 4.54. The Bertz CT molecular complexity index is 454. The van der Waals surface area contributed by atoms with E-state index in [9.17, 15) is 8.42 Å². The number of rotatable bonds is 4. The Hall–Kier alpha value is -1.27. The molecule has 1 aromatic carbocycles. The summed E-state index contributed by atoms with van der Waals surface area (Å²) in [7, 11) is -1.80. The van der Waals surface area contributed by atoms with Crippen LogP contribution in [0.2, 0.25) is 0 Å². The molecule has 0 spiro atoms. The first-order valence-corrected chi connectivity index (χ1v) is 5.98. The van der Waals surface area contributed by atoms with Crippen LogP contribution in [0.4, 0.5) is 5.69 Å². The van der Waals surface area contributed by atoms with Gasteiger partial charge in [-0.25, -0.2) is 0 Å². The third-order valence-corrected chi connectivity index (χ3v) is 3.60. The van der Waals surface area contributed by atoms with Crippen LogP contribution in [-0.2, 0) is 10.2 Å². The molecule has 0 unspecified atom stereocenters. The molecule has 5 nitrogen and oxygen atoms in total. The zero-order chi connectivity index (χ0) is 10.9. The Kier molecular flexibility index (Phi) is 2.54. The number of benzene rings is 1. The predicted molar refractivity (Wildman–Crippen MR) is 57.1 cm³/mol. The van der Waals surface area contributed by atoms with Gasteiger partial charge in [0.05, 0.1) is 12.8 Å². The molecule has 82 valence electrons. The van der Waals surface area contributed by atoms with Gasteiger partial charge in [0.1, 0.15) is 5.75 Å². The van der Waals surface area contributed by atoms with Crippen LogP contribution in [-0.4, -0.2) is 32.9 Å². The second-order valence-electron chi connectivity index (χ2n) is 3.24. The molecule has 1 saturated heterocycles. The summed E-state index contributed by atoms with van der Waals surface area (Å²) in [5, 5.41) is 0. The Balaban J connectivity index is 2.16. The highest BCUT2D eigenvalue weighted by Crippen LogP contribution is 2.20. The molecule has 0 aromatic heterocycles. The molecule has 0 amide bonds. The summed E-state index contributed by atoms with van der Waals surface area (Å²) in [4.78, 5) is 0. The van der Waals surface area contributed by atoms with Crippen molar-refractivity contribution in [2.75, 3.05) is 24.9 Å². The highest BCUT2D eigenvalue weighted by Gasteiger charge is 2.31. The average Bonchev–Trinajstić information content (AvgIpc) is 3.00. The number of ether oxygens (including phenoxy) is 1. The van der Waals surface area contributed by atoms with Crippen molar-refractivity contribution in [2.24, 2.45) is 0 Å². The number of hydrogen-bond donors (Lipinski definition) is 1. The molecule has 0 radical (unpaired) electrons. The zero-order valence-electron chi connectivity index (χ0n) is 8.30. The van der Waals surface area contributed by atoms with Gasteiger partial charge in [0, 0.05) is 19.2 Å². The van der Waals surface area contributed by atoms with E-state index in [4.69, 9.17) is 4.74 Å². The van der Waals surface area contributed by atoms with Gasteiger partial charge in [-0.1, -0.05) is 6.07 Å². The van der Waals surface area contributed by atoms with Crippen LogP contribution in [0.15, 0.2) is 24.3 Å². The van der Waals surface area contributed by atoms with E-state index in [0.29, 0.717) is 24.5 Å². The lowest BCUT2D eigenvalue weighted by atomic mass is 10.3. The quantitative estimate of drug-likeness (QED) is 0.770. The van der Waals surface area contributed by atoms with Gasteiger partial charge in [-0.15, -0.1) is 0 Å². The number of nitrogens with zero attached hydrogens (tertiary/aromatic N) is 1. The maximum absolute atomic E-state index is 11.5. The average molecular weight is 228 g/mol. The van der Waals surface area contributed by atoms with Crippen LogP contribution in [0, 0.1) is 0 Å². The van der Waals surface area contributed by atoms with Gasteiger partial charge >= 0.3 is 10.2 Å². The summed E-state index contributed by atoms with van der Waals surface area (Å²) < 4.78 is 31.9. The Morgan fingerprint density at radius 3 is 2.73 bits per heavy atom. The highest BCUT2D eigenvalue weighted by atomic mass is 32.2. The van der Waals surface area contributed by atoms with Gasteiger partial charge in [-0.2, -0.15) is 12.7 Å². The molecule has 0 saturated carbocycles. The van der Waals surface area contributed by atoms with E-state index in [-0.39, 0.29) is 0 Å². The van der Waals surface area contributed by atoms with Crippen molar-refractivity contribution in [1.82, 2.24) is 4.31 Å². The van der Waals surface area contributed by atoms with Crippen LogP contribution in [0.5, 0.6) is 5.75 Å². The fourth-order valence-electron chi connectivity index (χ4n) is 1.18. The lowest BCUT2D eigenvalue weighted by Gasteiger charge is -2.08. The monoisotopic (exact) mass is 228 g/mol. The summed E-state index contributed by atoms with van der Waals surface area (Å²) in [5.74, 6) is 0.626. The SMILES string of the molecule is COc1cccc(NS(=O)(=O)N2CC2)c1. The Morgan fingerprint density at radius 1 is 1.40 bits per heavy atom. The summed E-state index contributed by atoms with van der Waals surface area (Å²) in [6, 6.07) is 6.82. The van der Waals surface area contributed by atoms with E-state index in [1.54, 1.807) is 24.3 Å². The van der Waals surface area contributed by atoms with Crippen LogP contribution < -0.4 is 9.46 Å². The summed E-state index contributed by atoms with van der Waals surface area (Å²) in [6.07, 6.45) is 0. The van der Waals surface area contributed by atoms with Gasteiger partial charge in [0.2, 0.25) is 0 Å². The molecule has 0 bridgehead atoms. The minimum Gasteiger partial charge on any atom is -0.497 e. The smallest absolute Gasteiger partial charge is 0.301 e. The van der Waals surface area contributed by atoms with Gasteiger partial charge in [0.15, 0.2) is 0 Å². The molecule has 6 heteroatoms. The number of methoxy groups -OCH3 is 1. The van der Waals surface area contributed by atoms with E-state index >= 15 is 0 Å². The van der Waals surface area contributed by atoms with Crippen molar-refractivity contribution in [3.05, 3.63) is 24.3 Å². The Labute approximate surface area is 88.8 Å². The van der Waals surface area contributed by atoms with E-state index in [2.05, 4.69) is 4.72 Å². The second-order valence-corrected chi connectivity index (χ2v) is 4.91. The van der Waals surface area contributed by atoms with Gasteiger partial charge in [-0.05, 0) is 12.1 Å². The van der Waals surface area contributed by atoms with Crippen LogP contribution in [0.25, 0.3) is 0 Å². The molecule has 1 aliphatic rings.